The third-order valence-corrected chi connectivity index (χ3v) is 2.87. The average Bonchev–Trinajstić information content (AvgIpc) is 2.60. The van der Waals surface area contributed by atoms with Gasteiger partial charge in [0, 0.05) is 6.04 Å². The van der Waals surface area contributed by atoms with Crippen LogP contribution in [0.3, 0.4) is 0 Å². The van der Waals surface area contributed by atoms with Crippen molar-refractivity contribution >= 4 is 40.0 Å². The van der Waals surface area contributed by atoms with Gasteiger partial charge in [-0.3, -0.25) is 0 Å². The second kappa shape index (κ2) is 14.5. The molecule has 0 unspecified atom stereocenters. The van der Waals surface area contributed by atoms with Crippen molar-refractivity contribution in [3.05, 3.63) is 36.4 Å². The molecule has 1 aliphatic rings. The normalized spacial score (nSPS) is 15.4. The molecule has 1 aromatic carbocycles. The van der Waals surface area contributed by atoms with Crippen LogP contribution in [-0.4, -0.2) is 36.1 Å². The van der Waals surface area contributed by atoms with E-state index in [-0.39, 0.29) is 40.0 Å². The molecular formula is C14H23BrMgN+. The van der Waals surface area contributed by atoms with E-state index in [0.717, 1.165) is 6.04 Å². The Morgan fingerprint density at radius 1 is 0.941 bits per heavy atom. The molecule has 17 heavy (non-hydrogen) atoms. The Labute approximate surface area is 133 Å². The average molecular weight is 310 g/mol. The van der Waals surface area contributed by atoms with Crippen LogP contribution in [0.15, 0.2) is 30.3 Å². The second-order valence-electron chi connectivity index (χ2n) is 4.05. The Morgan fingerprint density at radius 3 is 1.76 bits per heavy atom. The van der Waals surface area contributed by atoms with Crippen molar-refractivity contribution in [1.29, 1.82) is 0 Å². The maximum absolute atomic E-state index is 3.34. The summed E-state index contributed by atoms with van der Waals surface area (Å²) in [6.07, 6.45) is 8.58. The van der Waals surface area contributed by atoms with Gasteiger partial charge in [-0.1, -0.05) is 25.7 Å². The summed E-state index contributed by atoms with van der Waals surface area (Å²) < 4.78 is 0. The summed E-state index contributed by atoms with van der Waals surface area (Å²) in [5, 5.41) is 3.34. The fraction of sp³-hybridized carbons (Fsp3) is 0.571. The number of hydrogen-bond donors (Lipinski definition) is 1. The fourth-order valence-corrected chi connectivity index (χ4v) is 1.91. The molecule has 1 fully saturated rings. The molecule has 2 rings (SSSR count). The van der Waals surface area contributed by atoms with Gasteiger partial charge in [0.2, 0.25) is 0 Å². The molecule has 1 saturated carbocycles. The number of hydrogen-bond acceptors (Lipinski definition) is 1. The molecule has 0 heterocycles. The van der Waals surface area contributed by atoms with Crippen LogP contribution < -0.4 is 5.32 Å². The first kappa shape index (κ1) is 19.8. The number of rotatable bonds is 1. The van der Waals surface area contributed by atoms with Gasteiger partial charge in [-0.05, 0) is 19.9 Å². The van der Waals surface area contributed by atoms with E-state index in [1.54, 1.807) is 0 Å². The van der Waals surface area contributed by atoms with E-state index in [0.29, 0.717) is 0 Å². The van der Waals surface area contributed by atoms with E-state index >= 15 is 0 Å². The Morgan fingerprint density at radius 2 is 1.47 bits per heavy atom. The van der Waals surface area contributed by atoms with E-state index in [2.05, 4.69) is 18.4 Å². The van der Waals surface area contributed by atoms with Crippen LogP contribution in [0.2, 0.25) is 0 Å². The molecule has 0 atom stereocenters. The zero-order chi connectivity index (χ0) is 10.8. The van der Waals surface area contributed by atoms with E-state index in [1.165, 1.54) is 38.5 Å². The van der Waals surface area contributed by atoms with E-state index in [9.17, 15) is 0 Å². The van der Waals surface area contributed by atoms with Crippen molar-refractivity contribution in [2.45, 2.75) is 44.6 Å². The zero-order valence-electron chi connectivity index (χ0n) is 10.8. The summed E-state index contributed by atoms with van der Waals surface area (Å²) in [7, 11) is 2.08. The molecule has 3 heteroatoms. The molecule has 1 N–H and O–H groups in total. The smallest absolute Gasteiger partial charge is 0.317 e. The third-order valence-electron chi connectivity index (χ3n) is 2.87. The van der Waals surface area contributed by atoms with Crippen molar-refractivity contribution in [1.82, 2.24) is 5.32 Å². The second-order valence-corrected chi connectivity index (χ2v) is 4.05. The third kappa shape index (κ3) is 11.3. The fourth-order valence-electron chi connectivity index (χ4n) is 1.91. The van der Waals surface area contributed by atoms with Crippen LogP contribution in [0.1, 0.15) is 38.5 Å². The number of benzene rings is 1. The summed E-state index contributed by atoms with van der Waals surface area (Å²) in [4.78, 5) is 0. The molecule has 0 aliphatic heterocycles. The molecule has 0 radical (unpaired) electrons. The van der Waals surface area contributed by atoms with E-state index in [4.69, 9.17) is 0 Å². The van der Waals surface area contributed by atoms with Crippen LogP contribution in [0.25, 0.3) is 0 Å². The number of halogens is 1. The number of nitrogens with one attached hydrogen (secondary N) is 1. The Hall–Kier alpha value is 0.426. The van der Waals surface area contributed by atoms with Crippen LogP contribution in [-0.2, 0) is 0 Å². The van der Waals surface area contributed by atoms with Gasteiger partial charge < -0.3 is 5.32 Å². The minimum Gasteiger partial charge on any atom is -0.317 e. The van der Waals surface area contributed by atoms with Crippen molar-refractivity contribution in [2.75, 3.05) is 7.05 Å². The van der Waals surface area contributed by atoms with Crippen LogP contribution in [0.5, 0.6) is 0 Å². The molecule has 1 nitrogen and oxygen atoms in total. The molecule has 1 aromatic rings. The predicted octanol–water partition coefficient (Wildman–Crippen LogP) is 3.61. The summed E-state index contributed by atoms with van der Waals surface area (Å²) in [6.45, 7) is 0. The predicted molar refractivity (Wildman–Crippen MR) is 81.9 cm³/mol. The largest absolute Gasteiger partial charge is 2.00 e. The van der Waals surface area contributed by atoms with Crippen molar-refractivity contribution in [3.63, 3.8) is 0 Å². The Bertz CT molecular complexity index is 196. The van der Waals surface area contributed by atoms with Crippen LogP contribution in [0, 0.1) is 6.07 Å². The summed E-state index contributed by atoms with van der Waals surface area (Å²) in [5.41, 5.74) is 0. The molecule has 0 aromatic heterocycles. The van der Waals surface area contributed by atoms with Gasteiger partial charge in [0.1, 0.15) is 0 Å². The quantitative estimate of drug-likeness (QED) is 0.475. The summed E-state index contributed by atoms with van der Waals surface area (Å²) >= 11 is 0. The maximum Gasteiger partial charge on any atom is 2.00 e. The first-order valence-electron chi connectivity index (χ1n) is 6.02. The van der Waals surface area contributed by atoms with Crippen molar-refractivity contribution < 1.29 is 0 Å². The van der Waals surface area contributed by atoms with Crippen LogP contribution in [0.4, 0.5) is 0 Å². The maximum atomic E-state index is 3.34. The first-order chi connectivity index (χ1) is 7.43. The van der Waals surface area contributed by atoms with Gasteiger partial charge in [0.15, 0.2) is 0 Å². The summed E-state index contributed by atoms with van der Waals surface area (Å²) in [6, 6.07) is 13.3. The van der Waals surface area contributed by atoms with Crippen LogP contribution >= 0.6 is 17.0 Å². The molecule has 0 bridgehead atoms. The molecule has 0 spiro atoms. The monoisotopic (exact) mass is 308 g/mol. The van der Waals surface area contributed by atoms with Gasteiger partial charge in [0.25, 0.3) is 0 Å². The Kier molecular flexibility index (Phi) is 16.8. The Balaban J connectivity index is 0. The van der Waals surface area contributed by atoms with E-state index in [1.807, 2.05) is 30.3 Å². The van der Waals surface area contributed by atoms with Crippen molar-refractivity contribution in [3.8, 4) is 0 Å². The minimum atomic E-state index is 0. The standard InChI is InChI=1S/C8H17N.C6H5.BrH.Mg/c1-9-8-6-4-2-3-5-7-8;1-2-4-6-5-3-1;;/h8-9H,2-7H2,1H3;1-5H;1H;/q;-1;;+2. The SMILES string of the molecule is Br.CNC1CCCCCC1.[Mg+2].[c-]1ccccc1. The summed E-state index contributed by atoms with van der Waals surface area (Å²) in [5.74, 6) is 0. The molecular weight excluding hydrogens is 286 g/mol. The van der Waals surface area contributed by atoms with Gasteiger partial charge in [-0.25, -0.2) is 0 Å². The van der Waals surface area contributed by atoms with Gasteiger partial charge in [-0.15, -0.1) is 17.0 Å². The zero-order valence-corrected chi connectivity index (χ0v) is 13.9. The first-order valence-corrected chi connectivity index (χ1v) is 6.02. The molecule has 1 aliphatic carbocycles. The molecule has 0 saturated heterocycles. The van der Waals surface area contributed by atoms with Gasteiger partial charge in [-0.2, -0.15) is 36.4 Å². The van der Waals surface area contributed by atoms with Gasteiger partial charge >= 0.3 is 23.1 Å². The van der Waals surface area contributed by atoms with E-state index < -0.39 is 0 Å². The minimum absolute atomic E-state index is 0. The molecule has 0 amide bonds. The topological polar surface area (TPSA) is 12.0 Å². The van der Waals surface area contributed by atoms with Gasteiger partial charge in [0.05, 0.1) is 0 Å². The molecule has 92 valence electrons. The van der Waals surface area contributed by atoms with Crippen molar-refractivity contribution in [2.24, 2.45) is 0 Å².